The number of para-hydroxylation sites is 1. The average molecular weight is 285 g/mol. The lowest BCUT2D eigenvalue weighted by Gasteiger charge is -2.24. The third-order valence-electron chi connectivity index (χ3n) is 4.49. The van der Waals surface area contributed by atoms with E-state index in [0.717, 1.165) is 24.3 Å². The Kier molecular flexibility index (Phi) is 3.83. The quantitative estimate of drug-likeness (QED) is 0.937. The van der Waals surface area contributed by atoms with E-state index in [4.69, 9.17) is 0 Å². The van der Waals surface area contributed by atoms with Gasteiger partial charge in [0, 0.05) is 30.2 Å². The minimum absolute atomic E-state index is 0.0155. The third-order valence-corrected chi connectivity index (χ3v) is 4.49. The Labute approximate surface area is 126 Å². The number of hydrogen-bond donors (Lipinski definition) is 1. The maximum Gasteiger partial charge on any atom is 0.0854 e. The van der Waals surface area contributed by atoms with E-state index in [-0.39, 0.29) is 6.61 Å². The molecule has 2 heterocycles. The van der Waals surface area contributed by atoms with Crippen LogP contribution in [0.4, 0.5) is 5.69 Å². The van der Waals surface area contributed by atoms with Crippen LogP contribution in [0.5, 0.6) is 0 Å². The number of hydrogen-bond acceptors (Lipinski definition) is 4. The molecule has 0 radical (unpaired) electrons. The summed E-state index contributed by atoms with van der Waals surface area (Å²) in [7, 11) is 4.29. The first-order valence-corrected chi connectivity index (χ1v) is 7.51. The van der Waals surface area contributed by atoms with E-state index in [1.807, 2.05) is 18.2 Å². The molecule has 1 saturated heterocycles. The highest BCUT2D eigenvalue weighted by Gasteiger charge is 2.31. The Hall–Kier alpha value is -1.65. The van der Waals surface area contributed by atoms with Crippen LogP contribution in [-0.4, -0.2) is 48.2 Å². The number of pyridine rings is 1. The molecule has 4 nitrogen and oxygen atoms in total. The minimum Gasteiger partial charge on any atom is -0.390 e. The third kappa shape index (κ3) is 2.61. The number of aliphatic hydroxyl groups excluding tert-OH is 1. The Morgan fingerprint density at radius 3 is 2.71 bits per heavy atom. The molecule has 1 fully saturated rings. The van der Waals surface area contributed by atoms with Gasteiger partial charge >= 0.3 is 0 Å². The summed E-state index contributed by atoms with van der Waals surface area (Å²) in [5.41, 5.74) is 2.89. The zero-order chi connectivity index (χ0) is 15.0. The lowest BCUT2D eigenvalue weighted by atomic mass is 10.1. The molecule has 1 aromatic carbocycles. The molecule has 1 aromatic heterocycles. The summed E-state index contributed by atoms with van der Waals surface area (Å²) in [6.45, 7) is 4.36. The predicted molar refractivity (Wildman–Crippen MR) is 86.5 cm³/mol. The summed E-state index contributed by atoms with van der Waals surface area (Å²) in [5, 5.41) is 10.6. The summed E-state index contributed by atoms with van der Waals surface area (Å²) < 4.78 is 0. The molecular weight excluding hydrogens is 262 g/mol. The molecule has 0 saturated carbocycles. The van der Waals surface area contributed by atoms with Crippen LogP contribution in [0.1, 0.15) is 12.6 Å². The van der Waals surface area contributed by atoms with Crippen LogP contribution in [0, 0.1) is 5.92 Å². The van der Waals surface area contributed by atoms with E-state index >= 15 is 0 Å². The molecule has 0 spiro atoms. The van der Waals surface area contributed by atoms with Gasteiger partial charge < -0.3 is 14.9 Å². The number of aliphatic hydroxyl groups is 1. The number of aromatic nitrogens is 1. The molecule has 1 N–H and O–H groups in total. The normalized spacial score (nSPS) is 22.4. The van der Waals surface area contributed by atoms with Crippen molar-refractivity contribution in [2.75, 3.05) is 32.1 Å². The topological polar surface area (TPSA) is 39.6 Å². The van der Waals surface area contributed by atoms with Gasteiger partial charge in [0.05, 0.1) is 17.8 Å². The molecule has 1 aliphatic rings. The smallest absolute Gasteiger partial charge is 0.0854 e. The summed E-state index contributed by atoms with van der Waals surface area (Å²) in [6.07, 6.45) is 0. The van der Waals surface area contributed by atoms with E-state index < -0.39 is 0 Å². The fraction of sp³-hybridized carbons (Fsp3) is 0.471. The molecule has 0 aliphatic carbocycles. The van der Waals surface area contributed by atoms with E-state index in [2.05, 4.69) is 47.9 Å². The molecule has 2 unspecified atom stereocenters. The van der Waals surface area contributed by atoms with Gasteiger partial charge in [0.25, 0.3) is 0 Å². The van der Waals surface area contributed by atoms with Gasteiger partial charge in [-0.05, 0) is 32.1 Å². The first kappa shape index (κ1) is 14.3. The molecular formula is C17H23N3O. The zero-order valence-electron chi connectivity index (χ0n) is 13.0. The summed E-state index contributed by atoms with van der Waals surface area (Å²) >= 11 is 0. The van der Waals surface area contributed by atoms with Crippen LogP contribution < -0.4 is 4.90 Å². The van der Waals surface area contributed by atoms with Crippen molar-refractivity contribution >= 4 is 16.6 Å². The van der Waals surface area contributed by atoms with Crippen molar-refractivity contribution in [3.05, 3.63) is 36.0 Å². The van der Waals surface area contributed by atoms with Crippen molar-refractivity contribution in [2.24, 2.45) is 5.92 Å². The highest BCUT2D eigenvalue weighted by Crippen LogP contribution is 2.32. The highest BCUT2D eigenvalue weighted by atomic mass is 16.3. The minimum atomic E-state index is -0.0155. The van der Waals surface area contributed by atoms with Gasteiger partial charge in [-0.3, -0.25) is 4.98 Å². The highest BCUT2D eigenvalue weighted by molar-refractivity contribution is 5.92. The van der Waals surface area contributed by atoms with Crippen molar-refractivity contribution in [2.45, 2.75) is 19.6 Å². The van der Waals surface area contributed by atoms with E-state index in [1.165, 1.54) is 11.1 Å². The summed E-state index contributed by atoms with van der Waals surface area (Å²) in [6, 6.07) is 10.8. The fourth-order valence-electron chi connectivity index (χ4n) is 3.37. The Bertz CT molecular complexity index is 641. The van der Waals surface area contributed by atoms with Crippen LogP contribution in [0.3, 0.4) is 0 Å². The van der Waals surface area contributed by atoms with Crippen LogP contribution >= 0.6 is 0 Å². The molecule has 112 valence electrons. The standard InChI is InChI=1S/C17H23N3O/c1-12-9-20(10-17(12)19(2)3)16-8-13(11-21)18-15-7-5-4-6-14(15)16/h4-8,12,17,21H,9-11H2,1-3H3. The van der Waals surface area contributed by atoms with E-state index in [1.54, 1.807) is 0 Å². The monoisotopic (exact) mass is 285 g/mol. The lowest BCUT2D eigenvalue weighted by molar-refractivity contribution is 0.266. The first-order valence-electron chi connectivity index (χ1n) is 7.51. The number of nitrogens with zero attached hydrogens (tertiary/aromatic N) is 3. The van der Waals surface area contributed by atoms with Crippen molar-refractivity contribution in [3.8, 4) is 0 Å². The summed E-state index contributed by atoms with van der Waals surface area (Å²) in [4.78, 5) is 9.25. The van der Waals surface area contributed by atoms with Gasteiger partial charge in [0.2, 0.25) is 0 Å². The number of fused-ring (bicyclic) bond motifs is 1. The summed E-state index contributed by atoms with van der Waals surface area (Å²) in [5.74, 6) is 0.629. The van der Waals surface area contributed by atoms with Crippen LogP contribution in [0.15, 0.2) is 30.3 Å². The molecule has 2 aromatic rings. The Morgan fingerprint density at radius 2 is 2.05 bits per heavy atom. The number of anilines is 1. The molecule has 0 bridgehead atoms. The van der Waals surface area contributed by atoms with Crippen molar-refractivity contribution in [1.82, 2.24) is 9.88 Å². The zero-order valence-corrected chi connectivity index (χ0v) is 13.0. The van der Waals surface area contributed by atoms with Gasteiger partial charge in [-0.15, -0.1) is 0 Å². The second kappa shape index (κ2) is 5.62. The van der Waals surface area contributed by atoms with Gasteiger partial charge in [-0.1, -0.05) is 25.1 Å². The second-order valence-electron chi connectivity index (χ2n) is 6.22. The molecule has 21 heavy (non-hydrogen) atoms. The van der Waals surface area contributed by atoms with Gasteiger partial charge in [-0.25, -0.2) is 0 Å². The largest absolute Gasteiger partial charge is 0.390 e. The van der Waals surface area contributed by atoms with Crippen molar-refractivity contribution in [3.63, 3.8) is 0 Å². The molecule has 1 aliphatic heterocycles. The maximum atomic E-state index is 9.47. The molecule has 4 heteroatoms. The number of likely N-dealkylation sites (N-methyl/N-ethyl adjacent to an activating group) is 1. The van der Waals surface area contributed by atoms with E-state index in [0.29, 0.717) is 12.0 Å². The molecule has 0 amide bonds. The molecule has 3 rings (SSSR count). The van der Waals surface area contributed by atoms with Gasteiger partial charge in [-0.2, -0.15) is 0 Å². The van der Waals surface area contributed by atoms with Crippen LogP contribution in [-0.2, 0) is 6.61 Å². The maximum absolute atomic E-state index is 9.47. The van der Waals surface area contributed by atoms with E-state index in [9.17, 15) is 5.11 Å². The Balaban J connectivity index is 2.04. The second-order valence-corrected chi connectivity index (χ2v) is 6.22. The van der Waals surface area contributed by atoms with Gasteiger partial charge in [0.15, 0.2) is 0 Å². The van der Waals surface area contributed by atoms with Gasteiger partial charge in [0.1, 0.15) is 0 Å². The van der Waals surface area contributed by atoms with Crippen molar-refractivity contribution in [1.29, 1.82) is 0 Å². The lowest BCUT2D eigenvalue weighted by Crippen LogP contribution is -2.34. The van der Waals surface area contributed by atoms with Crippen LogP contribution in [0.25, 0.3) is 10.9 Å². The molecule has 2 atom stereocenters. The predicted octanol–water partition coefficient (Wildman–Crippen LogP) is 2.11. The first-order chi connectivity index (χ1) is 10.1. The average Bonchev–Trinajstić information content (AvgIpc) is 2.88. The number of rotatable bonds is 3. The number of benzene rings is 1. The van der Waals surface area contributed by atoms with Crippen molar-refractivity contribution < 1.29 is 5.11 Å². The fourth-order valence-corrected chi connectivity index (χ4v) is 3.37. The SMILES string of the molecule is CC1CN(c2cc(CO)nc3ccccc23)CC1N(C)C. The Morgan fingerprint density at radius 1 is 1.29 bits per heavy atom. The van der Waals surface area contributed by atoms with Crippen LogP contribution in [0.2, 0.25) is 0 Å².